The molecular formula is C6H7ClN4O. The number of nitrogens with one attached hydrogen (secondary N) is 1. The molecule has 0 unspecified atom stereocenters. The lowest BCUT2D eigenvalue weighted by Gasteiger charge is -1.99. The summed E-state index contributed by atoms with van der Waals surface area (Å²) in [7, 11) is 0. The summed E-state index contributed by atoms with van der Waals surface area (Å²) in [5.74, 6) is -0.185. The summed E-state index contributed by atoms with van der Waals surface area (Å²) in [6.45, 7) is -0.101. The zero-order valence-electron chi connectivity index (χ0n) is 6.12. The average Bonchev–Trinajstić information content (AvgIpc) is 2.04. The van der Waals surface area contributed by atoms with E-state index in [0.717, 1.165) is 0 Å². The summed E-state index contributed by atoms with van der Waals surface area (Å²) in [5.41, 5.74) is 5.06. The molecule has 1 amide bonds. The van der Waals surface area contributed by atoms with Gasteiger partial charge >= 0.3 is 0 Å². The highest BCUT2D eigenvalue weighted by Crippen LogP contribution is 2.04. The molecule has 6 heteroatoms. The minimum atomic E-state index is -0.350. The van der Waals surface area contributed by atoms with Crippen LogP contribution in [-0.2, 0) is 4.79 Å². The van der Waals surface area contributed by atoms with Gasteiger partial charge in [0.05, 0.1) is 6.54 Å². The van der Waals surface area contributed by atoms with Crippen LogP contribution in [0.4, 0.5) is 5.95 Å². The van der Waals surface area contributed by atoms with E-state index in [4.69, 9.17) is 17.3 Å². The topological polar surface area (TPSA) is 80.9 Å². The van der Waals surface area contributed by atoms with Crippen molar-refractivity contribution in [3.63, 3.8) is 0 Å². The van der Waals surface area contributed by atoms with E-state index in [1.807, 2.05) is 0 Å². The van der Waals surface area contributed by atoms with E-state index in [0.29, 0.717) is 0 Å². The van der Waals surface area contributed by atoms with Crippen molar-refractivity contribution in [2.45, 2.75) is 0 Å². The Labute approximate surface area is 74.0 Å². The van der Waals surface area contributed by atoms with Crippen LogP contribution in [0.3, 0.4) is 0 Å². The smallest absolute Gasteiger partial charge is 0.240 e. The van der Waals surface area contributed by atoms with Crippen LogP contribution >= 0.6 is 11.6 Å². The standard InChI is InChI=1S/C6H7ClN4O/c7-4-1-2-9-6(10-4)11-5(12)3-8/h1-2H,3,8H2,(H,9,10,11,12). The maximum Gasteiger partial charge on any atom is 0.240 e. The van der Waals surface area contributed by atoms with Crippen LogP contribution in [0.1, 0.15) is 0 Å². The number of hydrogen-bond donors (Lipinski definition) is 2. The van der Waals surface area contributed by atoms with Crippen molar-refractivity contribution in [1.82, 2.24) is 9.97 Å². The van der Waals surface area contributed by atoms with Crippen LogP contribution in [0.15, 0.2) is 12.3 Å². The third kappa shape index (κ3) is 2.44. The van der Waals surface area contributed by atoms with Crippen molar-refractivity contribution in [3.8, 4) is 0 Å². The molecule has 3 N–H and O–H groups in total. The molecule has 12 heavy (non-hydrogen) atoms. The zero-order chi connectivity index (χ0) is 8.97. The number of amides is 1. The molecule has 0 aliphatic rings. The fourth-order valence-corrected chi connectivity index (χ4v) is 0.709. The number of halogens is 1. The summed E-state index contributed by atoms with van der Waals surface area (Å²) < 4.78 is 0. The average molecular weight is 187 g/mol. The third-order valence-corrected chi connectivity index (χ3v) is 1.27. The molecule has 5 nitrogen and oxygen atoms in total. The molecule has 0 saturated carbocycles. The number of anilines is 1. The first-order valence-corrected chi connectivity index (χ1v) is 3.58. The van der Waals surface area contributed by atoms with E-state index in [2.05, 4.69) is 15.3 Å². The van der Waals surface area contributed by atoms with Crippen molar-refractivity contribution >= 4 is 23.5 Å². The Morgan fingerprint density at radius 2 is 2.50 bits per heavy atom. The molecule has 0 fully saturated rings. The molecule has 0 radical (unpaired) electrons. The quantitative estimate of drug-likeness (QED) is 0.639. The maximum absolute atomic E-state index is 10.7. The highest BCUT2D eigenvalue weighted by atomic mass is 35.5. The van der Waals surface area contributed by atoms with Crippen LogP contribution in [-0.4, -0.2) is 22.4 Å². The molecule has 0 bridgehead atoms. The van der Waals surface area contributed by atoms with Crippen LogP contribution < -0.4 is 11.1 Å². The van der Waals surface area contributed by atoms with Crippen molar-refractivity contribution in [3.05, 3.63) is 17.4 Å². The first kappa shape index (κ1) is 8.89. The Balaban J connectivity index is 2.69. The highest BCUT2D eigenvalue weighted by molar-refractivity contribution is 6.29. The Hall–Kier alpha value is -1.20. The van der Waals surface area contributed by atoms with Gasteiger partial charge < -0.3 is 5.73 Å². The second-order valence-electron chi connectivity index (χ2n) is 1.96. The molecule has 0 aliphatic carbocycles. The predicted octanol–water partition coefficient (Wildman–Crippen LogP) is 0.0272. The number of hydrogen-bond acceptors (Lipinski definition) is 4. The number of nitrogens with zero attached hydrogens (tertiary/aromatic N) is 2. The van der Waals surface area contributed by atoms with Crippen LogP contribution in [0.25, 0.3) is 0 Å². The van der Waals surface area contributed by atoms with E-state index < -0.39 is 0 Å². The van der Waals surface area contributed by atoms with Crippen molar-refractivity contribution in [2.24, 2.45) is 5.73 Å². The minimum absolute atomic E-state index is 0.101. The number of carbonyl (C=O) groups excluding carboxylic acids is 1. The van der Waals surface area contributed by atoms with Crippen LogP contribution in [0, 0.1) is 0 Å². The third-order valence-electron chi connectivity index (χ3n) is 1.06. The normalized spacial score (nSPS) is 9.50. The van der Waals surface area contributed by atoms with Crippen molar-refractivity contribution < 1.29 is 4.79 Å². The Kier molecular flexibility index (Phi) is 2.95. The van der Waals surface area contributed by atoms with Gasteiger partial charge in [-0.3, -0.25) is 10.1 Å². The van der Waals surface area contributed by atoms with Gasteiger partial charge in [-0.25, -0.2) is 9.97 Å². The largest absolute Gasteiger partial charge is 0.322 e. The summed E-state index contributed by atoms with van der Waals surface area (Å²) in [5, 5.41) is 2.64. The predicted molar refractivity (Wildman–Crippen MR) is 44.7 cm³/mol. The first-order valence-electron chi connectivity index (χ1n) is 3.21. The Bertz CT molecular complexity index is 291. The van der Waals surface area contributed by atoms with Gasteiger partial charge in [0.25, 0.3) is 0 Å². The van der Waals surface area contributed by atoms with Crippen molar-refractivity contribution in [2.75, 3.05) is 11.9 Å². The molecular weight excluding hydrogens is 180 g/mol. The lowest BCUT2D eigenvalue weighted by molar-refractivity contribution is -0.114. The molecule has 0 spiro atoms. The minimum Gasteiger partial charge on any atom is -0.322 e. The van der Waals surface area contributed by atoms with Gasteiger partial charge in [-0.2, -0.15) is 0 Å². The fourth-order valence-electron chi connectivity index (χ4n) is 0.573. The number of carbonyl (C=O) groups is 1. The summed E-state index contributed by atoms with van der Waals surface area (Å²) in [4.78, 5) is 18.2. The van der Waals surface area contributed by atoms with Gasteiger partial charge in [-0.1, -0.05) is 11.6 Å². The van der Waals surface area contributed by atoms with E-state index in [1.165, 1.54) is 12.3 Å². The highest BCUT2D eigenvalue weighted by Gasteiger charge is 2.00. The number of aromatic nitrogens is 2. The van der Waals surface area contributed by atoms with Crippen LogP contribution in [0.5, 0.6) is 0 Å². The lowest BCUT2D eigenvalue weighted by atomic mass is 10.6. The van der Waals surface area contributed by atoms with Gasteiger partial charge in [-0.15, -0.1) is 0 Å². The van der Waals surface area contributed by atoms with Crippen LogP contribution in [0.2, 0.25) is 5.15 Å². The molecule has 1 aromatic heterocycles. The van der Waals surface area contributed by atoms with Gasteiger partial charge in [-0.05, 0) is 6.07 Å². The lowest BCUT2D eigenvalue weighted by Crippen LogP contribution is -2.22. The molecule has 0 aliphatic heterocycles. The zero-order valence-corrected chi connectivity index (χ0v) is 6.88. The molecule has 1 heterocycles. The van der Waals surface area contributed by atoms with Gasteiger partial charge in [0.1, 0.15) is 5.15 Å². The molecule has 64 valence electrons. The van der Waals surface area contributed by atoms with E-state index in [1.54, 1.807) is 0 Å². The summed E-state index contributed by atoms with van der Waals surface area (Å²) in [6, 6.07) is 1.51. The second-order valence-corrected chi connectivity index (χ2v) is 2.34. The summed E-state index contributed by atoms with van der Waals surface area (Å²) in [6.07, 6.45) is 1.45. The monoisotopic (exact) mass is 186 g/mol. The molecule has 0 aromatic carbocycles. The Morgan fingerprint density at radius 1 is 1.75 bits per heavy atom. The van der Waals surface area contributed by atoms with Gasteiger partial charge in [0.2, 0.25) is 11.9 Å². The molecule has 1 rings (SSSR count). The SMILES string of the molecule is NCC(=O)Nc1nccc(Cl)n1. The van der Waals surface area contributed by atoms with Gasteiger partial charge in [0, 0.05) is 6.20 Å². The molecule has 1 aromatic rings. The van der Waals surface area contributed by atoms with E-state index >= 15 is 0 Å². The second kappa shape index (κ2) is 3.99. The van der Waals surface area contributed by atoms with E-state index in [9.17, 15) is 4.79 Å². The maximum atomic E-state index is 10.7. The number of rotatable bonds is 2. The van der Waals surface area contributed by atoms with E-state index in [-0.39, 0.29) is 23.6 Å². The molecule has 0 atom stereocenters. The van der Waals surface area contributed by atoms with Crippen molar-refractivity contribution in [1.29, 1.82) is 0 Å². The number of nitrogens with two attached hydrogens (primary N) is 1. The molecule has 0 saturated heterocycles. The Morgan fingerprint density at radius 3 is 3.08 bits per heavy atom. The summed E-state index contributed by atoms with van der Waals surface area (Å²) >= 11 is 5.54. The fraction of sp³-hybridized carbons (Fsp3) is 0.167. The first-order chi connectivity index (χ1) is 5.72. The van der Waals surface area contributed by atoms with Gasteiger partial charge in [0.15, 0.2) is 0 Å².